The molecular weight excluding hydrogens is 356 g/mol. The van der Waals surface area contributed by atoms with Crippen molar-refractivity contribution in [1.82, 2.24) is 10.3 Å². The molecule has 0 aliphatic heterocycles. The van der Waals surface area contributed by atoms with E-state index < -0.39 is 0 Å². The van der Waals surface area contributed by atoms with Crippen molar-refractivity contribution in [3.05, 3.63) is 41.6 Å². The van der Waals surface area contributed by atoms with Gasteiger partial charge in [-0.15, -0.1) is 0 Å². The molecule has 0 saturated heterocycles. The van der Waals surface area contributed by atoms with Crippen molar-refractivity contribution in [3.63, 3.8) is 0 Å². The van der Waals surface area contributed by atoms with Crippen molar-refractivity contribution in [2.75, 3.05) is 11.1 Å². The van der Waals surface area contributed by atoms with Gasteiger partial charge in [-0.05, 0) is 26.0 Å². The van der Waals surface area contributed by atoms with E-state index in [2.05, 4.69) is 21.7 Å². The molecule has 130 valence electrons. The van der Waals surface area contributed by atoms with E-state index in [0.717, 1.165) is 9.90 Å². The summed E-state index contributed by atoms with van der Waals surface area (Å²) in [6, 6.07) is 10.6. The van der Waals surface area contributed by atoms with Gasteiger partial charge in [0.25, 0.3) is 5.91 Å². The van der Waals surface area contributed by atoms with Crippen LogP contribution in [-0.2, 0) is 4.79 Å². The van der Waals surface area contributed by atoms with Crippen LogP contribution in [0.15, 0.2) is 34.5 Å². The number of carbonyl (C=O) groups is 2. The molecule has 6 nitrogen and oxygen atoms in total. The van der Waals surface area contributed by atoms with E-state index in [1.165, 1.54) is 23.1 Å². The number of carbonyl (C=O) groups excluding carboxylic acids is 2. The van der Waals surface area contributed by atoms with Gasteiger partial charge in [-0.1, -0.05) is 41.3 Å². The molecule has 2 rings (SSSR count). The summed E-state index contributed by atoms with van der Waals surface area (Å²) in [4.78, 5) is 28.5. The van der Waals surface area contributed by atoms with Crippen molar-refractivity contribution >= 4 is 40.0 Å². The van der Waals surface area contributed by atoms with Crippen LogP contribution in [0.5, 0.6) is 0 Å². The average Bonchev–Trinajstić information content (AvgIpc) is 2.92. The molecule has 0 bridgehead atoms. The second-order valence-electron chi connectivity index (χ2n) is 5.33. The van der Waals surface area contributed by atoms with Crippen molar-refractivity contribution in [2.24, 2.45) is 0 Å². The van der Waals surface area contributed by atoms with Crippen LogP contribution in [0.2, 0.25) is 0 Å². The summed E-state index contributed by atoms with van der Waals surface area (Å²) in [7, 11) is 0. The third-order valence-electron chi connectivity index (χ3n) is 3.17. The SMILES string of the molecule is Cc1nc(NC(=O)CC(C)NC(=O)c2ccccc2)sc1SCC#N. The Morgan fingerprint density at radius 3 is 2.76 bits per heavy atom. The molecule has 2 N–H and O–H groups in total. The van der Waals surface area contributed by atoms with Crippen LogP contribution in [0.4, 0.5) is 5.13 Å². The molecule has 1 heterocycles. The minimum absolute atomic E-state index is 0.151. The topological polar surface area (TPSA) is 94.9 Å². The van der Waals surface area contributed by atoms with Gasteiger partial charge in [-0.25, -0.2) is 4.98 Å². The summed E-state index contributed by atoms with van der Waals surface area (Å²) in [5.41, 5.74) is 1.36. The number of amides is 2. The number of thioether (sulfide) groups is 1. The molecule has 0 spiro atoms. The van der Waals surface area contributed by atoms with Crippen LogP contribution in [0, 0.1) is 18.3 Å². The van der Waals surface area contributed by atoms with Crippen LogP contribution in [0.25, 0.3) is 0 Å². The van der Waals surface area contributed by atoms with E-state index in [4.69, 9.17) is 5.26 Å². The predicted molar refractivity (Wildman–Crippen MR) is 99.8 cm³/mol. The van der Waals surface area contributed by atoms with Gasteiger partial charge in [0.2, 0.25) is 5.91 Å². The molecule has 0 aliphatic rings. The number of nitrogens with one attached hydrogen (secondary N) is 2. The molecule has 1 unspecified atom stereocenters. The van der Waals surface area contributed by atoms with Crippen molar-refractivity contribution < 1.29 is 9.59 Å². The quantitative estimate of drug-likeness (QED) is 0.726. The summed E-state index contributed by atoms with van der Waals surface area (Å²) in [5.74, 6) is -0.0773. The first kappa shape index (κ1) is 19.0. The normalized spacial score (nSPS) is 11.4. The van der Waals surface area contributed by atoms with E-state index in [1.54, 1.807) is 31.2 Å². The lowest BCUT2D eigenvalue weighted by atomic mass is 10.1. The lowest BCUT2D eigenvalue weighted by Gasteiger charge is -2.13. The smallest absolute Gasteiger partial charge is 0.251 e. The highest BCUT2D eigenvalue weighted by Crippen LogP contribution is 2.31. The molecule has 0 radical (unpaired) electrons. The Labute approximate surface area is 154 Å². The third-order valence-corrected chi connectivity index (χ3v) is 5.48. The Morgan fingerprint density at radius 2 is 2.08 bits per heavy atom. The summed E-state index contributed by atoms with van der Waals surface area (Å²) in [6.45, 7) is 3.62. The Bertz CT molecular complexity index is 784. The Hall–Kier alpha value is -2.37. The van der Waals surface area contributed by atoms with Gasteiger partial charge in [0.05, 0.1) is 21.7 Å². The Kier molecular flexibility index (Phi) is 6.98. The summed E-state index contributed by atoms with van der Waals surface area (Å²) in [5, 5.41) is 14.7. The van der Waals surface area contributed by atoms with Crippen molar-refractivity contribution in [2.45, 2.75) is 30.5 Å². The second-order valence-corrected chi connectivity index (χ2v) is 7.57. The molecule has 1 aromatic carbocycles. The first-order chi connectivity index (χ1) is 12.0. The maximum Gasteiger partial charge on any atom is 0.251 e. The molecule has 1 atom stereocenters. The number of hydrogen-bond donors (Lipinski definition) is 2. The fraction of sp³-hybridized carbons (Fsp3) is 0.294. The number of hydrogen-bond acceptors (Lipinski definition) is 6. The molecule has 25 heavy (non-hydrogen) atoms. The van der Waals surface area contributed by atoms with E-state index in [1.807, 2.05) is 13.0 Å². The van der Waals surface area contributed by atoms with E-state index in [-0.39, 0.29) is 24.3 Å². The number of nitriles is 1. The minimum atomic E-state index is -0.304. The zero-order valence-corrected chi connectivity index (χ0v) is 15.5. The number of nitrogens with zero attached hydrogens (tertiary/aromatic N) is 2. The molecule has 0 saturated carbocycles. The van der Waals surface area contributed by atoms with Gasteiger partial charge in [-0.3, -0.25) is 9.59 Å². The maximum atomic E-state index is 12.1. The molecule has 0 fully saturated rings. The predicted octanol–water partition coefficient (Wildman–Crippen LogP) is 3.21. The Balaban J connectivity index is 1.85. The van der Waals surface area contributed by atoms with Gasteiger partial charge in [0.1, 0.15) is 0 Å². The summed E-state index contributed by atoms with van der Waals surface area (Å²) in [6.07, 6.45) is 0.151. The van der Waals surface area contributed by atoms with Crippen LogP contribution in [0.1, 0.15) is 29.4 Å². The molecular formula is C17H18N4O2S2. The van der Waals surface area contributed by atoms with Gasteiger partial charge in [-0.2, -0.15) is 5.26 Å². The van der Waals surface area contributed by atoms with Gasteiger partial charge in [0, 0.05) is 18.0 Å². The molecule has 8 heteroatoms. The van der Waals surface area contributed by atoms with Gasteiger partial charge >= 0.3 is 0 Å². The number of aryl methyl sites for hydroxylation is 1. The molecule has 1 aromatic heterocycles. The molecule has 0 aliphatic carbocycles. The number of thiazole rings is 1. The minimum Gasteiger partial charge on any atom is -0.349 e. The summed E-state index contributed by atoms with van der Waals surface area (Å²) < 4.78 is 0.919. The Morgan fingerprint density at radius 1 is 1.36 bits per heavy atom. The molecule has 2 aromatic rings. The van der Waals surface area contributed by atoms with Crippen LogP contribution < -0.4 is 10.6 Å². The van der Waals surface area contributed by atoms with Gasteiger partial charge in [0.15, 0.2) is 5.13 Å². The van der Waals surface area contributed by atoms with Crippen molar-refractivity contribution in [1.29, 1.82) is 5.26 Å². The van der Waals surface area contributed by atoms with Crippen molar-refractivity contribution in [3.8, 4) is 6.07 Å². The monoisotopic (exact) mass is 374 g/mol. The van der Waals surface area contributed by atoms with Gasteiger partial charge < -0.3 is 10.6 Å². The average molecular weight is 374 g/mol. The first-order valence-corrected chi connectivity index (χ1v) is 9.42. The number of aromatic nitrogens is 1. The third kappa shape index (κ3) is 5.89. The van der Waals surface area contributed by atoms with E-state index >= 15 is 0 Å². The fourth-order valence-corrected chi connectivity index (χ4v) is 3.88. The maximum absolute atomic E-state index is 12.1. The zero-order chi connectivity index (χ0) is 18.2. The largest absolute Gasteiger partial charge is 0.349 e. The zero-order valence-electron chi connectivity index (χ0n) is 13.9. The standard InChI is InChI=1S/C17H18N4O2S2/c1-11(19-15(23)13-6-4-3-5-7-13)10-14(22)21-17-20-12(2)16(25-17)24-9-8-18/h3-7,11H,9-10H2,1-2H3,(H,19,23)(H,20,21,22). The number of benzene rings is 1. The van der Waals surface area contributed by atoms with Crippen LogP contribution >= 0.6 is 23.1 Å². The molecule has 2 amide bonds. The fourth-order valence-electron chi connectivity index (χ4n) is 2.06. The van der Waals surface area contributed by atoms with E-state index in [0.29, 0.717) is 16.4 Å². The van der Waals surface area contributed by atoms with Crippen LogP contribution in [0.3, 0.4) is 0 Å². The highest BCUT2D eigenvalue weighted by molar-refractivity contribution is 8.01. The van der Waals surface area contributed by atoms with E-state index in [9.17, 15) is 9.59 Å². The number of anilines is 1. The highest BCUT2D eigenvalue weighted by atomic mass is 32.2. The lowest BCUT2D eigenvalue weighted by molar-refractivity contribution is -0.116. The second kappa shape index (κ2) is 9.20. The van der Waals surface area contributed by atoms with Crippen LogP contribution in [-0.4, -0.2) is 28.6 Å². The first-order valence-electron chi connectivity index (χ1n) is 7.62. The summed E-state index contributed by atoms with van der Waals surface area (Å²) >= 11 is 2.75. The number of rotatable bonds is 7. The highest BCUT2D eigenvalue weighted by Gasteiger charge is 2.15. The lowest BCUT2D eigenvalue weighted by Crippen LogP contribution is -2.35.